The van der Waals surface area contributed by atoms with E-state index in [1.54, 1.807) is 6.07 Å². The van der Waals surface area contributed by atoms with Crippen molar-refractivity contribution in [2.75, 3.05) is 0 Å². The van der Waals surface area contributed by atoms with E-state index in [1.807, 2.05) is 12.1 Å². The molecule has 0 spiro atoms. The third-order valence-electron chi connectivity index (χ3n) is 3.78. The Morgan fingerprint density at radius 3 is 2.44 bits per heavy atom. The highest BCUT2D eigenvalue weighted by molar-refractivity contribution is 6.32. The molecule has 0 bridgehead atoms. The molecule has 1 aromatic carbocycles. The van der Waals surface area contributed by atoms with E-state index in [-0.39, 0.29) is 5.75 Å². The van der Waals surface area contributed by atoms with E-state index in [0.717, 1.165) is 0 Å². The Kier molecular flexibility index (Phi) is 3.16. The second kappa shape index (κ2) is 4.29. The quantitative estimate of drug-likeness (QED) is 0.750. The van der Waals surface area contributed by atoms with Crippen molar-refractivity contribution in [2.24, 2.45) is 5.41 Å². The molecule has 0 amide bonds. The second-order valence-electron chi connectivity index (χ2n) is 5.65. The zero-order chi connectivity index (χ0) is 11.8. The molecular formula is C14H19ClO. The number of hydrogen-bond donors (Lipinski definition) is 1. The summed E-state index contributed by atoms with van der Waals surface area (Å²) in [6, 6.07) is 5.63. The molecule has 0 aliphatic heterocycles. The highest BCUT2D eigenvalue weighted by Crippen LogP contribution is 2.43. The van der Waals surface area contributed by atoms with E-state index < -0.39 is 0 Å². The lowest BCUT2D eigenvalue weighted by atomic mass is 9.71. The van der Waals surface area contributed by atoms with Crippen LogP contribution >= 0.6 is 11.6 Å². The zero-order valence-electron chi connectivity index (χ0n) is 9.96. The largest absolute Gasteiger partial charge is 0.506 e. The first-order valence-electron chi connectivity index (χ1n) is 5.96. The Bertz CT molecular complexity index is 374. The molecule has 0 radical (unpaired) electrons. The number of aromatic hydroxyl groups is 1. The van der Waals surface area contributed by atoms with Crippen LogP contribution in [-0.2, 0) is 0 Å². The van der Waals surface area contributed by atoms with Crippen molar-refractivity contribution in [3.8, 4) is 5.75 Å². The molecule has 0 saturated heterocycles. The first kappa shape index (κ1) is 11.8. The van der Waals surface area contributed by atoms with Crippen molar-refractivity contribution >= 4 is 11.6 Å². The third kappa shape index (κ3) is 2.52. The van der Waals surface area contributed by atoms with E-state index in [2.05, 4.69) is 13.8 Å². The van der Waals surface area contributed by atoms with Crippen LogP contribution in [0.25, 0.3) is 0 Å². The van der Waals surface area contributed by atoms with Crippen LogP contribution in [-0.4, -0.2) is 5.11 Å². The molecule has 1 aliphatic rings. The molecule has 1 N–H and O–H groups in total. The van der Waals surface area contributed by atoms with Crippen LogP contribution in [0.15, 0.2) is 18.2 Å². The molecule has 1 nitrogen and oxygen atoms in total. The minimum atomic E-state index is 0.182. The van der Waals surface area contributed by atoms with Gasteiger partial charge in [-0.3, -0.25) is 0 Å². The average Bonchev–Trinajstić information content (AvgIpc) is 2.22. The highest BCUT2D eigenvalue weighted by atomic mass is 35.5. The van der Waals surface area contributed by atoms with Crippen LogP contribution < -0.4 is 0 Å². The summed E-state index contributed by atoms with van der Waals surface area (Å²) in [7, 11) is 0. The number of phenols is 1. The van der Waals surface area contributed by atoms with E-state index in [4.69, 9.17) is 11.6 Å². The maximum absolute atomic E-state index is 9.39. The van der Waals surface area contributed by atoms with Crippen molar-refractivity contribution in [1.29, 1.82) is 0 Å². The standard InChI is InChI=1S/C14H19ClO/c1-14(2)7-5-10(6-8-14)11-3-4-13(16)12(15)9-11/h3-4,9-10,16H,5-8H2,1-2H3. The topological polar surface area (TPSA) is 20.2 Å². The normalized spacial score (nSPS) is 20.9. The van der Waals surface area contributed by atoms with Crippen LogP contribution in [0.2, 0.25) is 5.02 Å². The van der Waals surface area contributed by atoms with Crippen LogP contribution in [0, 0.1) is 5.41 Å². The van der Waals surface area contributed by atoms with E-state index in [9.17, 15) is 5.11 Å². The number of rotatable bonds is 1. The van der Waals surface area contributed by atoms with Crippen molar-refractivity contribution in [3.05, 3.63) is 28.8 Å². The van der Waals surface area contributed by atoms with Gasteiger partial charge in [-0.25, -0.2) is 0 Å². The lowest BCUT2D eigenvalue weighted by Crippen LogP contribution is -2.20. The van der Waals surface area contributed by atoms with Crippen LogP contribution in [0.5, 0.6) is 5.75 Å². The molecule has 16 heavy (non-hydrogen) atoms. The monoisotopic (exact) mass is 238 g/mol. The Labute approximate surface area is 102 Å². The van der Waals surface area contributed by atoms with Gasteiger partial charge in [-0.1, -0.05) is 31.5 Å². The van der Waals surface area contributed by atoms with Crippen molar-refractivity contribution in [1.82, 2.24) is 0 Å². The van der Waals surface area contributed by atoms with Crippen molar-refractivity contribution in [2.45, 2.75) is 45.4 Å². The third-order valence-corrected chi connectivity index (χ3v) is 4.09. The van der Waals surface area contributed by atoms with Gasteiger partial charge in [-0.2, -0.15) is 0 Å². The minimum absolute atomic E-state index is 0.182. The molecule has 0 unspecified atom stereocenters. The Morgan fingerprint density at radius 2 is 1.88 bits per heavy atom. The summed E-state index contributed by atoms with van der Waals surface area (Å²) < 4.78 is 0. The van der Waals surface area contributed by atoms with Crippen molar-refractivity contribution < 1.29 is 5.11 Å². The Balaban J connectivity index is 2.11. The lowest BCUT2D eigenvalue weighted by Gasteiger charge is -2.34. The molecule has 2 rings (SSSR count). The second-order valence-corrected chi connectivity index (χ2v) is 6.06. The van der Waals surface area contributed by atoms with E-state index in [1.165, 1.54) is 31.2 Å². The number of phenolic OH excluding ortho intramolecular Hbond substituents is 1. The summed E-state index contributed by atoms with van der Waals surface area (Å²) in [6.45, 7) is 4.68. The van der Waals surface area contributed by atoms with Crippen LogP contribution in [0.1, 0.15) is 51.0 Å². The van der Waals surface area contributed by atoms with Gasteiger partial charge in [0, 0.05) is 0 Å². The van der Waals surface area contributed by atoms with Gasteiger partial charge in [0.25, 0.3) is 0 Å². The van der Waals surface area contributed by atoms with Gasteiger partial charge < -0.3 is 5.11 Å². The molecule has 88 valence electrons. The summed E-state index contributed by atoms with van der Waals surface area (Å²) in [5.74, 6) is 0.799. The fourth-order valence-electron chi connectivity index (χ4n) is 2.51. The molecule has 0 heterocycles. The fourth-order valence-corrected chi connectivity index (χ4v) is 2.70. The SMILES string of the molecule is CC1(C)CCC(c2ccc(O)c(Cl)c2)CC1. The number of benzene rings is 1. The summed E-state index contributed by atoms with van der Waals surface area (Å²) >= 11 is 5.94. The maximum Gasteiger partial charge on any atom is 0.134 e. The smallest absolute Gasteiger partial charge is 0.134 e. The van der Waals surface area contributed by atoms with Gasteiger partial charge in [-0.15, -0.1) is 0 Å². The minimum Gasteiger partial charge on any atom is -0.506 e. The first-order chi connectivity index (χ1) is 7.48. The zero-order valence-corrected chi connectivity index (χ0v) is 10.7. The molecule has 1 aliphatic carbocycles. The lowest BCUT2D eigenvalue weighted by molar-refractivity contribution is 0.224. The molecule has 1 fully saturated rings. The predicted octanol–water partition coefficient (Wildman–Crippen LogP) is 4.73. The average molecular weight is 239 g/mol. The Hall–Kier alpha value is -0.690. The highest BCUT2D eigenvalue weighted by Gasteiger charge is 2.27. The molecule has 0 atom stereocenters. The maximum atomic E-state index is 9.39. The summed E-state index contributed by atoms with van der Waals surface area (Å²) in [6.07, 6.45) is 5.01. The van der Waals surface area contributed by atoms with Gasteiger partial charge >= 0.3 is 0 Å². The van der Waals surface area contributed by atoms with Crippen molar-refractivity contribution in [3.63, 3.8) is 0 Å². The van der Waals surface area contributed by atoms with Gasteiger partial charge in [0.05, 0.1) is 5.02 Å². The van der Waals surface area contributed by atoms with Gasteiger partial charge in [-0.05, 0) is 54.7 Å². The summed E-state index contributed by atoms with van der Waals surface area (Å²) in [5, 5.41) is 9.87. The van der Waals surface area contributed by atoms with E-state index >= 15 is 0 Å². The fraction of sp³-hybridized carbons (Fsp3) is 0.571. The van der Waals surface area contributed by atoms with Crippen LogP contribution in [0.3, 0.4) is 0 Å². The first-order valence-corrected chi connectivity index (χ1v) is 6.34. The van der Waals surface area contributed by atoms with Gasteiger partial charge in [0.15, 0.2) is 0 Å². The summed E-state index contributed by atoms with van der Waals surface area (Å²) in [4.78, 5) is 0. The van der Waals surface area contributed by atoms with E-state index in [0.29, 0.717) is 16.4 Å². The molecular weight excluding hydrogens is 220 g/mol. The van der Waals surface area contributed by atoms with Crippen LogP contribution in [0.4, 0.5) is 0 Å². The summed E-state index contributed by atoms with van der Waals surface area (Å²) in [5.41, 5.74) is 1.77. The molecule has 0 aromatic heterocycles. The molecule has 1 aromatic rings. The number of hydrogen-bond acceptors (Lipinski definition) is 1. The number of halogens is 1. The molecule has 1 saturated carbocycles. The predicted molar refractivity (Wildman–Crippen MR) is 68.1 cm³/mol. The van der Waals surface area contributed by atoms with Gasteiger partial charge in [0.2, 0.25) is 0 Å². The van der Waals surface area contributed by atoms with Gasteiger partial charge in [0.1, 0.15) is 5.75 Å². The molecule has 2 heteroatoms. The Morgan fingerprint density at radius 1 is 1.25 bits per heavy atom.